The molecule has 1 aliphatic rings. The molecule has 1 aliphatic heterocycles. The number of carbonyl (C=O) groups excluding carboxylic acids is 1. The number of rotatable bonds is 2. The summed E-state index contributed by atoms with van der Waals surface area (Å²) in [4.78, 5) is 29.6. The third-order valence-corrected chi connectivity index (χ3v) is 4.09. The maximum absolute atomic E-state index is 12.6. The van der Waals surface area contributed by atoms with E-state index in [0.717, 1.165) is 5.69 Å². The maximum Gasteiger partial charge on any atom is 0.326 e. The number of hydrogen-bond acceptors (Lipinski definition) is 3. The summed E-state index contributed by atoms with van der Waals surface area (Å²) in [7, 11) is 0. The van der Waals surface area contributed by atoms with Crippen LogP contribution < -0.4 is 0 Å². The minimum Gasteiger partial charge on any atom is -0.480 e. The third-order valence-electron chi connectivity index (χ3n) is 3.45. The van der Waals surface area contributed by atoms with Crippen molar-refractivity contribution >= 4 is 27.8 Å². The molecule has 1 amide bonds. The largest absolute Gasteiger partial charge is 0.480 e. The molecule has 1 saturated heterocycles. The van der Waals surface area contributed by atoms with E-state index >= 15 is 0 Å². The van der Waals surface area contributed by atoms with Gasteiger partial charge in [-0.2, -0.15) is 0 Å². The zero-order valence-electron chi connectivity index (χ0n) is 11.7. The molecule has 1 atom stereocenters. The first-order valence-corrected chi connectivity index (χ1v) is 7.17. The second kappa shape index (κ2) is 5.16. The first-order valence-electron chi connectivity index (χ1n) is 6.38. The molecule has 1 aromatic heterocycles. The monoisotopic (exact) mass is 340 g/mol. The molecule has 0 spiro atoms. The number of hydrogen-bond donors (Lipinski definition) is 1. The van der Waals surface area contributed by atoms with E-state index < -0.39 is 12.0 Å². The average Bonchev–Trinajstić information content (AvgIpc) is 2.68. The van der Waals surface area contributed by atoms with E-state index in [1.807, 2.05) is 13.8 Å². The molecule has 2 rings (SSSR count). The highest BCUT2D eigenvalue weighted by atomic mass is 79.9. The van der Waals surface area contributed by atoms with E-state index in [4.69, 9.17) is 0 Å². The van der Waals surface area contributed by atoms with E-state index in [2.05, 4.69) is 20.9 Å². The fraction of sp³-hybridized carbons (Fsp3) is 0.500. The van der Waals surface area contributed by atoms with Crippen molar-refractivity contribution in [3.63, 3.8) is 0 Å². The number of aliphatic carboxylic acids is 1. The standard InChI is InChI=1S/C14H17BrN2O3/c1-8-4-5-9(15)11(16-8)12(18)17-7-14(2,3)6-10(17)13(19)20/h4-5,10H,6-7H2,1-3H3,(H,19,20). The van der Waals surface area contributed by atoms with Crippen LogP contribution in [0.4, 0.5) is 0 Å². The number of carboxylic acids is 1. The summed E-state index contributed by atoms with van der Waals surface area (Å²) in [5.41, 5.74) is 0.797. The van der Waals surface area contributed by atoms with Crippen LogP contribution in [0.2, 0.25) is 0 Å². The minimum absolute atomic E-state index is 0.199. The molecule has 1 aromatic rings. The predicted octanol–water partition coefficient (Wildman–Crippen LogP) is 2.48. The Labute approximate surface area is 126 Å². The van der Waals surface area contributed by atoms with Crippen molar-refractivity contribution in [1.82, 2.24) is 9.88 Å². The highest BCUT2D eigenvalue weighted by molar-refractivity contribution is 9.10. The van der Waals surface area contributed by atoms with Gasteiger partial charge < -0.3 is 10.0 Å². The average molecular weight is 341 g/mol. The number of amides is 1. The summed E-state index contributed by atoms with van der Waals surface area (Å²) in [5.74, 6) is -1.30. The van der Waals surface area contributed by atoms with Crippen LogP contribution in [0.1, 0.15) is 36.5 Å². The van der Waals surface area contributed by atoms with Crippen LogP contribution in [0.15, 0.2) is 16.6 Å². The SMILES string of the molecule is Cc1ccc(Br)c(C(=O)N2CC(C)(C)CC2C(=O)O)n1. The van der Waals surface area contributed by atoms with Crippen LogP contribution in [0.3, 0.4) is 0 Å². The van der Waals surface area contributed by atoms with E-state index in [1.54, 1.807) is 19.1 Å². The number of aryl methyl sites for hydroxylation is 1. The van der Waals surface area contributed by atoms with Gasteiger partial charge >= 0.3 is 5.97 Å². The molecule has 5 nitrogen and oxygen atoms in total. The van der Waals surface area contributed by atoms with Crippen molar-refractivity contribution in [3.8, 4) is 0 Å². The molecule has 0 saturated carbocycles. The van der Waals surface area contributed by atoms with Crippen LogP contribution in [-0.2, 0) is 4.79 Å². The summed E-state index contributed by atoms with van der Waals surface area (Å²) in [6, 6.07) is 2.77. The summed E-state index contributed by atoms with van der Waals surface area (Å²) in [6.07, 6.45) is 0.456. The van der Waals surface area contributed by atoms with E-state index in [9.17, 15) is 14.7 Å². The molecule has 1 unspecified atom stereocenters. The lowest BCUT2D eigenvalue weighted by Gasteiger charge is -2.22. The Balaban J connectivity index is 2.36. The topological polar surface area (TPSA) is 70.5 Å². The Morgan fingerprint density at radius 3 is 2.70 bits per heavy atom. The summed E-state index contributed by atoms with van der Waals surface area (Å²) >= 11 is 3.31. The van der Waals surface area contributed by atoms with Gasteiger partial charge in [0.1, 0.15) is 11.7 Å². The van der Waals surface area contributed by atoms with E-state index in [-0.39, 0.29) is 17.0 Å². The Morgan fingerprint density at radius 2 is 2.10 bits per heavy atom. The van der Waals surface area contributed by atoms with Crippen LogP contribution in [-0.4, -0.2) is 39.5 Å². The molecule has 108 valence electrons. The molecule has 0 bridgehead atoms. The van der Waals surface area contributed by atoms with Gasteiger partial charge in [-0.15, -0.1) is 0 Å². The lowest BCUT2D eigenvalue weighted by molar-refractivity contribution is -0.141. The van der Waals surface area contributed by atoms with Crippen LogP contribution >= 0.6 is 15.9 Å². The molecule has 0 aromatic carbocycles. The Bertz CT molecular complexity index is 572. The Morgan fingerprint density at radius 1 is 1.45 bits per heavy atom. The van der Waals surface area contributed by atoms with Gasteiger partial charge in [-0.05, 0) is 46.8 Å². The molecule has 0 radical (unpaired) electrons. The second-order valence-electron chi connectivity index (χ2n) is 5.94. The number of nitrogens with zero attached hydrogens (tertiary/aromatic N) is 2. The first kappa shape index (κ1) is 15.0. The van der Waals surface area contributed by atoms with Gasteiger partial charge in [-0.25, -0.2) is 9.78 Å². The van der Waals surface area contributed by atoms with Crippen LogP contribution in [0, 0.1) is 12.3 Å². The smallest absolute Gasteiger partial charge is 0.326 e. The number of carbonyl (C=O) groups is 2. The van der Waals surface area contributed by atoms with Gasteiger partial charge in [0.25, 0.3) is 5.91 Å². The normalized spacial score (nSPS) is 21.0. The number of pyridine rings is 1. The van der Waals surface area contributed by atoms with Gasteiger partial charge in [0.05, 0.1) is 0 Å². The van der Waals surface area contributed by atoms with Gasteiger partial charge in [-0.3, -0.25) is 4.79 Å². The fourth-order valence-electron chi connectivity index (χ4n) is 2.53. The number of halogens is 1. The molecule has 20 heavy (non-hydrogen) atoms. The maximum atomic E-state index is 12.6. The Kier molecular flexibility index (Phi) is 3.86. The predicted molar refractivity (Wildman–Crippen MR) is 77.5 cm³/mol. The van der Waals surface area contributed by atoms with Gasteiger partial charge in [0, 0.05) is 16.7 Å². The van der Waals surface area contributed by atoms with E-state index in [1.165, 1.54) is 4.90 Å². The summed E-state index contributed by atoms with van der Waals surface area (Å²) in [5, 5.41) is 9.31. The lowest BCUT2D eigenvalue weighted by atomic mass is 9.91. The zero-order chi connectivity index (χ0) is 15.1. The quantitative estimate of drug-likeness (QED) is 0.897. The van der Waals surface area contributed by atoms with Crippen molar-refractivity contribution in [1.29, 1.82) is 0 Å². The number of carboxylic acid groups (broad SMARTS) is 1. The molecule has 0 aliphatic carbocycles. The number of likely N-dealkylation sites (tertiary alicyclic amines) is 1. The zero-order valence-corrected chi connectivity index (χ0v) is 13.3. The molecule has 1 N–H and O–H groups in total. The molecular weight excluding hydrogens is 324 g/mol. The van der Waals surface area contributed by atoms with Crippen molar-refractivity contribution in [2.75, 3.05) is 6.54 Å². The second-order valence-corrected chi connectivity index (χ2v) is 6.79. The molecule has 6 heteroatoms. The van der Waals surface area contributed by atoms with Crippen LogP contribution in [0.25, 0.3) is 0 Å². The van der Waals surface area contributed by atoms with Crippen LogP contribution in [0.5, 0.6) is 0 Å². The molecule has 2 heterocycles. The summed E-state index contributed by atoms with van der Waals surface area (Å²) < 4.78 is 0.585. The first-order chi connectivity index (χ1) is 9.21. The minimum atomic E-state index is -0.965. The van der Waals surface area contributed by atoms with Crippen molar-refractivity contribution in [3.05, 3.63) is 28.0 Å². The van der Waals surface area contributed by atoms with Gasteiger partial charge in [-0.1, -0.05) is 13.8 Å². The summed E-state index contributed by atoms with van der Waals surface area (Å²) in [6.45, 7) is 6.15. The van der Waals surface area contributed by atoms with Crippen molar-refractivity contribution in [2.45, 2.75) is 33.2 Å². The highest BCUT2D eigenvalue weighted by Gasteiger charge is 2.44. The fourth-order valence-corrected chi connectivity index (χ4v) is 2.92. The Hall–Kier alpha value is -1.43. The molecular formula is C14H17BrN2O3. The van der Waals surface area contributed by atoms with Gasteiger partial charge in [0.15, 0.2) is 0 Å². The highest BCUT2D eigenvalue weighted by Crippen LogP contribution is 2.35. The number of aromatic nitrogens is 1. The third kappa shape index (κ3) is 2.85. The van der Waals surface area contributed by atoms with Crippen molar-refractivity contribution in [2.24, 2.45) is 5.41 Å². The molecule has 1 fully saturated rings. The van der Waals surface area contributed by atoms with Crippen molar-refractivity contribution < 1.29 is 14.7 Å². The van der Waals surface area contributed by atoms with E-state index in [0.29, 0.717) is 17.4 Å². The lowest BCUT2D eigenvalue weighted by Crippen LogP contribution is -2.41. The van der Waals surface area contributed by atoms with Gasteiger partial charge in [0.2, 0.25) is 0 Å².